The number of aryl methyl sites for hydroxylation is 2. The molecule has 0 aliphatic carbocycles. The van der Waals surface area contributed by atoms with Crippen LogP contribution in [0.25, 0.3) is 0 Å². The first kappa shape index (κ1) is 20.1. The van der Waals surface area contributed by atoms with E-state index in [-0.39, 0.29) is 0 Å². The molecule has 0 N–H and O–H groups in total. The fraction of sp³-hybridized carbons (Fsp3) is 0.550. The second-order valence-electron chi connectivity index (χ2n) is 5.80. The molecule has 0 aliphatic rings. The standard InChI is InChI=1S/C20H31NO3/c1-6-11-22-19-14-17(7-2)20(18(8-3)15-19)23-12-9-10-13-24-21-16(4)5/h6,14-15H,1,7-13H2,2-5H3. The molecular weight excluding hydrogens is 302 g/mol. The molecular formula is C20H31NO3. The van der Waals surface area contributed by atoms with Gasteiger partial charge in [-0.15, -0.1) is 0 Å². The van der Waals surface area contributed by atoms with E-state index in [1.54, 1.807) is 6.08 Å². The van der Waals surface area contributed by atoms with Crippen molar-refractivity contribution >= 4 is 5.71 Å². The number of rotatable bonds is 12. The first-order valence-electron chi connectivity index (χ1n) is 8.77. The first-order valence-corrected chi connectivity index (χ1v) is 8.77. The number of unbranched alkanes of at least 4 members (excludes halogenated alkanes) is 1. The molecule has 0 unspecified atom stereocenters. The van der Waals surface area contributed by atoms with Gasteiger partial charge in [-0.2, -0.15) is 0 Å². The van der Waals surface area contributed by atoms with Crippen LogP contribution in [0.2, 0.25) is 0 Å². The zero-order chi connectivity index (χ0) is 17.8. The Labute approximate surface area is 146 Å². The van der Waals surface area contributed by atoms with Crippen molar-refractivity contribution in [1.82, 2.24) is 0 Å². The predicted octanol–water partition coefficient (Wildman–Crippen LogP) is 4.95. The lowest BCUT2D eigenvalue weighted by Crippen LogP contribution is -2.05. The number of benzene rings is 1. The quantitative estimate of drug-likeness (QED) is 0.235. The van der Waals surface area contributed by atoms with E-state index in [0.29, 0.717) is 19.8 Å². The van der Waals surface area contributed by atoms with Crippen LogP contribution in [0.1, 0.15) is 51.7 Å². The molecule has 0 bridgehead atoms. The SMILES string of the molecule is C=CCOc1cc(CC)c(OCCCCON=C(C)C)c(CC)c1. The van der Waals surface area contributed by atoms with E-state index in [0.717, 1.165) is 42.9 Å². The molecule has 1 aromatic rings. The second kappa shape index (κ2) is 11.5. The van der Waals surface area contributed by atoms with Crippen molar-refractivity contribution in [3.05, 3.63) is 35.9 Å². The van der Waals surface area contributed by atoms with Crippen LogP contribution in [0.3, 0.4) is 0 Å². The third kappa shape index (κ3) is 7.07. The fourth-order valence-corrected chi connectivity index (χ4v) is 2.29. The van der Waals surface area contributed by atoms with Crippen LogP contribution < -0.4 is 9.47 Å². The molecule has 0 radical (unpaired) electrons. The molecule has 0 saturated heterocycles. The van der Waals surface area contributed by atoms with Gasteiger partial charge in [-0.25, -0.2) is 0 Å². The summed E-state index contributed by atoms with van der Waals surface area (Å²) >= 11 is 0. The Morgan fingerprint density at radius 1 is 1.04 bits per heavy atom. The van der Waals surface area contributed by atoms with E-state index in [4.69, 9.17) is 14.3 Å². The lowest BCUT2D eigenvalue weighted by Gasteiger charge is -2.17. The van der Waals surface area contributed by atoms with E-state index < -0.39 is 0 Å². The van der Waals surface area contributed by atoms with Gasteiger partial charge in [0.05, 0.1) is 12.3 Å². The lowest BCUT2D eigenvalue weighted by atomic mass is 10.0. The summed E-state index contributed by atoms with van der Waals surface area (Å²) in [5.74, 6) is 1.89. The van der Waals surface area contributed by atoms with Gasteiger partial charge >= 0.3 is 0 Å². The Morgan fingerprint density at radius 3 is 2.21 bits per heavy atom. The molecule has 4 heteroatoms. The molecule has 0 aliphatic heterocycles. The van der Waals surface area contributed by atoms with Crippen molar-refractivity contribution in [2.24, 2.45) is 5.16 Å². The Morgan fingerprint density at radius 2 is 1.67 bits per heavy atom. The van der Waals surface area contributed by atoms with E-state index in [2.05, 4.69) is 37.7 Å². The summed E-state index contributed by atoms with van der Waals surface area (Å²) in [5, 5.41) is 3.92. The number of oxime groups is 1. The van der Waals surface area contributed by atoms with E-state index >= 15 is 0 Å². The van der Waals surface area contributed by atoms with Crippen molar-refractivity contribution < 1.29 is 14.3 Å². The Hall–Kier alpha value is -1.97. The van der Waals surface area contributed by atoms with Gasteiger partial charge in [-0.1, -0.05) is 31.7 Å². The summed E-state index contributed by atoms with van der Waals surface area (Å²) < 4.78 is 11.8. The van der Waals surface area contributed by atoms with Crippen LogP contribution in [0.15, 0.2) is 29.9 Å². The average Bonchev–Trinajstić information content (AvgIpc) is 2.58. The van der Waals surface area contributed by atoms with Crippen molar-refractivity contribution in [2.75, 3.05) is 19.8 Å². The molecule has 0 fully saturated rings. The largest absolute Gasteiger partial charge is 0.493 e. The number of ether oxygens (including phenoxy) is 2. The van der Waals surface area contributed by atoms with Crippen molar-refractivity contribution in [2.45, 2.75) is 53.4 Å². The topological polar surface area (TPSA) is 40.0 Å². The maximum absolute atomic E-state index is 6.07. The number of hydrogen-bond donors (Lipinski definition) is 0. The molecule has 24 heavy (non-hydrogen) atoms. The van der Waals surface area contributed by atoms with Gasteiger partial charge in [-0.05, 0) is 62.8 Å². The third-order valence-corrected chi connectivity index (χ3v) is 3.47. The van der Waals surface area contributed by atoms with Crippen molar-refractivity contribution in [3.8, 4) is 11.5 Å². The van der Waals surface area contributed by atoms with Gasteiger partial charge in [0.2, 0.25) is 0 Å². The molecule has 1 rings (SSSR count). The molecule has 0 spiro atoms. The minimum absolute atomic E-state index is 0.520. The summed E-state index contributed by atoms with van der Waals surface area (Å²) in [6, 6.07) is 4.14. The molecule has 0 aromatic heterocycles. The first-order chi connectivity index (χ1) is 11.6. The van der Waals surface area contributed by atoms with Crippen LogP contribution in [0.4, 0.5) is 0 Å². The molecule has 0 amide bonds. The average molecular weight is 333 g/mol. The number of nitrogens with zero attached hydrogens (tertiary/aromatic N) is 1. The number of hydrogen-bond acceptors (Lipinski definition) is 4. The predicted molar refractivity (Wildman–Crippen MR) is 100 cm³/mol. The molecule has 0 atom stereocenters. The van der Waals surface area contributed by atoms with Crippen LogP contribution >= 0.6 is 0 Å². The van der Waals surface area contributed by atoms with Gasteiger partial charge in [0, 0.05) is 0 Å². The zero-order valence-corrected chi connectivity index (χ0v) is 15.6. The van der Waals surface area contributed by atoms with Gasteiger partial charge in [0.1, 0.15) is 24.7 Å². The Kier molecular flexibility index (Phi) is 9.66. The Bertz CT molecular complexity index is 509. The van der Waals surface area contributed by atoms with Crippen LogP contribution in [0, 0.1) is 0 Å². The summed E-state index contributed by atoms with van der Waals surface area (Å²) in [4.78, 5) is 5.20. The second-order valence-corrected chi connectivity index (χ2v) is 5.80. The van der Waals surface area contributed by atoms with Gasteiger partial charge in [-0.3, -0.25) is 0 Å². The highest BCUT2D eigenvalue weighted by molar-refractivity contribution is 5.78. The zero-order valence-electron chi connectivity index (χ0n) is 15.6. The van der Waals surface area contributed by atoms with Crippen LogP contribution in [0.5, 0.6) is 11.5 Å². The normalized spacial score (nSPS) is 10.2. The minimum Gasteiger partial charge on any atom is -0.493 e. The summed E-state index contributed by atoms with van der Waals surface area (Å²) in [5.41, 5.74) is 3.32. The fourth-order valence-electron chi connectivity index (χ4n) is 2.29. The maximum atomic E-state index is 6.07. The molecule has 0 heterocycles. The summed E-state index contributed by atoms with van der Waals surface area (Å²) in [7, 11) is 0. The third-order valence-electron chi connectivity index (χ3n) is 3.47. The van der Waals surface area contributed by atoms with Crippen molar-refractivity contribution in [1.29, 1.82) is 0 Å². The molecule has 1 aromatic carbocycles. The highest BCUT2D eigenvalue weighted by Crippen LogP contribution is 2.31. The van der Waals surface area contributed by atoms with E-state index in [1.165, 1.54) is 11.1 Å². The lowest BCUT2D eigenvalue weighted by molar-refractivity contribution is 0.135. The van der Waals surface area contributed by atoms with Gasteiger partial charge < -0.3 is 14.3 Å². The van der Waals surface area contributed by atoms with Crippen LogP contribution in [-0.2, 0) is 17.7 Å². The molecule has 4 nitrogen and oxygen atoms in total. The van der Waals surface area contributed by atoms with Crippen LogP contribution in [-0.4, -0.2) is 25.5 Å². The van der Waals surface area contributed by atoms with Gasteiger partial charge in [0.15, 0.2) is 0 Å². The molecule has 0 saturated carbocycles. The summed E-state index contributed by atoms with van der Waals surface area (Å²) in [6.45, 7) is 13.6. The smallest absolute Gasteiger partial charge is 0.125 e. The van der Waals surface area contributed by atoms with Crippen molar-refractivity contribution in [3.63, 3.8) is 0 Å². The van der Waals surface area contributed by atoms with E-state index in [9.17, 15) is 0 Å². The van der Waals surface area contributed by atoms with Gasteiger partial charge in [0.25, 0.3) is 0 Å². The highest BCUT2D eigenvalue weighted by Gasteiger charge is 2.11. The highest BCUT2D eigenvalue weighted by atomic mass is 16.6. The minimum atomic E-state index is 0.520. The summed E-state index contributed by atoms with van der Waals surface area (Å²) in [6.07, 6.45) is 5.47. The maximum Gasteiger partial charge on any atom is 0.125 e. The molecule has 134 valence electrons. The monoisotopic (exact) mass is 333 g/mol. The van der Waals surface area contributed by atoms with E-state index in [1.807, 2.05) is 13.8 Å². The Balaban J connectivity index is 2.59.